The number of carbonyl (C=O) groups is 5. The Kier molecular flexibility index (Phi) is 11.7. The summed E-state index contributed by atoms with van der Waals surface area (Å²) < 4.78 is 48.7. The molecule has 0 aliphatic carbocycles. The fourth-order valence-corrected chi connectivity index (χ4v) is 3.36. The Morgan fingerprint density at radius 2 is 1.65 bits per heavy atom. The van der Waals surface area contributed by atoms with Crippen molar-refractivity contribution in [2.75, 3.05) is 13.2 Å². The third kappa shape index (κ3) is 10.7. The number of para-hydroxylation sites is 1. The molecule has 0 aromatic heterocycles. The number of hydrogen-bond donors (Lipinski definition) is 6. The zero-order valence-corrected chi connectivity index (χ0v) is 21.9. The predicted octanol–water partition coefficient (Wildman–Crippen LogP) is 1.19. The number of nitrogens with zero attached hydrogens (tertiary/aromatic N) is 1. The fraction of sp³-hybridized carbons (Fsp3) is 0.280. The second kappa shape index (κ2) is 14.9. The lowest BCUT2D eigenvalue weighted by atomic mass is 10.1. The van der Waals surface area contributed by atoms with Crippen LogP contribution in [0.15, 0.2) is 41.4 Å². The molecule has 0 bridgehead atoms. The van der Waals surface area contributed by atoms with Crippen LogP contribution in [0.4, 0.5) is 18.9 Å². The van der Waals surface area contributed by atoms with Crippen LogP contribution in [-0.2, 0) is 25.6 Å². The molecule has 232 valence electrons. The Balaban J connectivity index is 0.000000821. The van der Waals surface area contributed by atoms with Crippen LogP contribution < -0.4 is 31.0 Å². The Hall–Kier alpha value is -5.55. The number of aliphatic carboxylic acids is 3. The van der Waals surface area contributed by atoms with Crippen molar-refractivity contribution < 1.29 is 66.7 Å². The van der Waals surface area contributed by atoms with Crippen LogP contribution in [-0.4, -0.2) is 76.5 Å². The van der Waals surface area contributed by atoms with Crippen LogP contribution in [0.2, 0.25) is 0 Å². The molecule has 0 fully saturated rings. The van der Waals surface area contributed by atoms with E-state index in [2.05, 4.69) is 10.3 Å². The molecule has 0 spiro atoms. The second-order valence-corrected chi connectivity index (χ2v) is 8.41. The number of carboxylic acids is 3. The van der Waals surface area contributed by atoms with E-state index in [1.165, 1.54) is 24.3 Å². The number of nitrogens with one attached hydrogen (secondary N) is 1. The van der Waals surface area contributed by atoms with Crippen LogP contribution in [0.25, 0.3) is 0 Å². The summed E-state index contributed by atoms with van der Waals surface area (Å²) in [6.45, 7) is 0.134. The minimum absolute atomic E-state index is 0.0648. The summed E-state index contributed by atoms with van der Waals surface area (Å²) in [4.78, 5) is 59.9. The molecule has 0 radical (unpaired) electrons. The highest BCUT2D eigenvalue weighted by molar-refractivity contribution is 5.95. The molecule has 1 heterocycles. The van der Waals surface area contributed by atoms with Gasteiger partial charge in [-0.3, -0.25) is 9.59 Å². The molecular formula is C25H25F3N4O11. The van der Waals surface area contributed by atoms with Gasteiger partial charge in [0.2, 0.25) is 5.91 Å². The van der Waals surface area contributed by atoms with Gasteiger partial charge in [0.25, 0.3) is 0 Å². The number of alkyl halides is 3. The number of carbonyl (C=O) groups excluding carboxylic acids is 2. The standard InChI is InChI=1S/C23H24N4O9.C2HF3O2/c24-23(25)26-13-5-6-14-17(10-13)34-8-9-35-20-12(2-1-3-16(20)36-22(14)33)4-7-18(28)27-15(21(31)32)11-19(29)30;3-2(4,5)1(6)7/h1-3,5-6,10,15H,4,7-9,11H2,(H,27,28)(H,29,30)(H,31,32)(H4,24,25,26);(H,6,7). The molecule has 1 aliphatic heterocycles. The number of guanidine groups is 1. The largest absolute Gasteiger partial charge is 0.490 e. The number of carboxylic acid groups (broad SMARTS) is 3. The number of rotatable bonds is 8. The monoisotopic (exact) mass is 614 g/mol. The summed E-state index contributed by atoms with van der Waals surface area (Å²) in [6.07, 6.45) is -5.90. The van der Waals surface area contributed by atoms with Crippen LogP contribution in [0.3, 0.4) is 0 Å². The van der Waals surface area contributed by atoms with E-state index < -0.39 is 48.4 Å². The van der Waals surface area contributed by atoms with Crippen molar-refractivity contribution in [2.24, 2.45) is 16.5 Å². The SMILES string of the molecule is NC(N)=Nc1ccc2c(c1)OCCOc1c(CCC(=O)NC(CC(=O)O)C(=O)O)cccc1OC2=O.O=C(O)C(F)(F)F. The van der Waals surface area contributed by atoms with Crippen molar-refractivity contribution in [3.05, 3.63) is 47.5 Å². The summed E-state index contributed by atoms with van der Waals surface area (Å²) in [5, 5.41) is 27.2. The topological polar surface area (TPSA) is 250 Å². The van der Waals surface area contributed by atoms with E-state index >= 15 is 0 Å². The number of aryl methyl sites for hydroxylation is 1. The van der Waals surface area contributed by atoms with Crippen molar-refractivity contribution in [1.29, 1.82) is 0 Å². The number of nitrogens with two attached hydrogens (primary N) is 2. The maximum Gasteiger partial charge on any atom is 0.490 e. The number of fused-ring (bicyclic) bond motifs is 2. The average Bonchev–Trinajstić information content (AvgIpc) is 2.89. The molecule has 2 aromatic rings. The highest BCUT2D eigenvalue weighted by Gasteiger charge is 2.38. The Morgan fingerprint density at radius 1 is 1.00 bits per heavy atom. The Bertz CT molecular complexity index is 1410. The van der Waals surface area contributed by atoms with Crippen molar-refractivity contribution in [3.8, 4) is 17.2 Å². The molecule has 43 heavy (non-hydrogen) atoms. The van der Waals surface area contributed by atoms with Gasteiger partial charge in [-0.25, -0.2) is 19.4 Å². The van der Waals surface area contributed by atoms with Crippen molar-refractivity contribution in [2.45, 2.75) is 31.5 Å². The molecule has 1 atom stereocenters. The molecule has 1 unspecified atom stereocenters. The third-order valence-corrected chi connectivity index (χ3v) is 5.17. The van der Waals surface area contributed by atoms with Crippen LogP contribution in [0.1, 0.15) is 28.8 Å². The van der Waals surface area contributed by atoms with E-state index in [1.54, 1.807) is 12.1 Å². The smallest absolute Gasteiger partial charge is 0.489 e. The normalized spacial score (nSPS) is 13.0. The third-order valence-electron chi connectivity index (χ3n) is 5.17. The Morgan fingerprint density at radius 3 is 2.23 bits per heavy atom. The van der Waals surface area contributed by atoms with Crippen LogP contribution >= 0.6 is 0 Å². The lowest BCUT2D eigenvalue weighted by molar-refractivity contribution is -0.192. The molecule has 0 saturated heterocycles. The summed E-state index contributed by atoms with van der Waals surface area (Å²) >= 11 is 0. The van der Waals surface area contributed by atoms with Gasteiger partial charge < -0.3 is 46.3 Å². The molecule has 15 nitrogen and oxygen atoms in total. The molecule has 1 aliphatic rings. The summed E-state index contributed by atoms with van der Waals surface area (Å²) in [5.74, 6) is -6.56. The number of ether oxygens (including phenoxy) is 3. The summed E-state index contributed by atoms with van der Waals surface area (Å²) in [7, 11) is 0. The second-order valence-electron chi connectivity index (χ2n) is 8.41. The van der Waals surface area contributed by atoms with Crippen LogP contribution in [0.5, 0.6) is 17.2 Å². The van der Waals surface area contributed by atoms with Crippen molar-refractivity contribution in [1.82, 2.24) is 5.32 Å². The number of halogens is 3. The van der Waals surface area contributed by atoms with Gasteiger partial charge >= 0.3 is 30.1 Å². The van der Waals surface area contributed by atoms with E-state index in [-0.39, 0.29) is 54.8 Å². The number of aliphatic imine (C=N–C) groups is 1. The average molecular weight is 614 g/mol. The van der Waals surface area contributed by atoms with Gasteiger partial charge in [0.1, 0.15) is 30.6 Å². The van der Waals surface area contributed by atoms with Gasteiger partial charge in [-0.15, -0.1) is 0 Å². The molecule has 1 amide bonds. The van der Waals surface area contributed by atoms with Gasteiger partial charge in [0.15, 0.2) is 17.5 Å². The highest BCUT2D eigenvalue weighted by atomic mass is 19.4. The lowest BCUT2D eigenvalue weighted by Crippen LogP contribution is -2.42. The minimum atomic E-state index is -5.08. The van der Waals surface area contributed by atoms with Gasteiger partial charge in [0, 0.05) is 12.5 Å². The molecule has 2 aromatic carbocycles. The quantitative estimate of drug-likeness (QED) is 0.106. The summed E-state index contributed by atoms with van der Waals surface area (Å²) in [5.41, 5.74) is 11.8. The molecular weight excluding hydrogens is 589 g/mol. The van der Waals surface area contributed by atoms with E-state index in [1.807, 2.05) is 0 Å². The zero-order valence-electron chi connectivity index (χ0n) is 21.9. The van der Waals surface area contributed by atoms with E-state index in [0.29, 0.717) is 11.3 Å². The maximum absolute atomic E-state index is 12.9. The maximum atomic E-state index is 12.9. The summed E-state index contributed by atoms with van der Waals surface area (Å²) in [6, 6.07) is 7.72. The fourth-order valence-electron chi connectivity index (χ4n) is 3.36. The number of amides is 1. The number of esters is 1. The number of hydrogen-bond acceptors (Lipinski definition) is 9. The first-order valence-electron chi connectivity index (χ1n) is 12.0. The lowest BCUT2D eigenvalue weighted by Gasteiger charge is -2.19. The van der Waals surface area contributed by atoms with Gasteiger partial charge in [-0.05, 0) is 30.2 Å². The number of benzene rings is 2. The van der Waals surface area contributed by atoms with E-state index in [4.69, 9.17) is 45.8 Å². The Labute approximate surface area is 239 Å². The zero-order chi connectivity index (χ0) is 32.3. The minimum Gasteiger partial charge on any atom is -0.489 e. The first kappa shape index (κ1) is 33.7. The van der Waals surface area contributed by atoms with Crippen LogP contribution in [0, 0.1) is 0 Å². The van der Waals surface area contributed by atoms with Crippen molar-refractivity contribution in [3.63, 3.8) is 0 Å². The van der Waals surface area contributed by atoms with E-state index in [9.17, 15) is 32.3 Å². The first-order chi connectivity index (χ1) is 20.1. The molecule has 3 rings (SSSR count). The van der Waals surface area contributed by atoms with E-state index in [0.717, 1.165) is 0 Å². The molecule has 8 N–H and O–H groups in total. The van der Waals surface area contributed by atoms with Gasteiger partial charge in [-0.1, -0.05) is 12.1 Å². The predicted molar refractivity (Wildman–Crippen MR) is 138 cm³/mol. The first-order valence-corrected chi connectivity index (χ1v) is 12.0. The molecule has 18 heteroatoms. The van der Waals surface area contributed by atoms with Gasteiger partial charge in [0.05, 0.1) is 12.1 Å². The van der Waals surface area contributed by atoms with Crippen molar-refractivity contribution >= 4 is 41.4 Å². The van der Waals surface area contributed by atoms with Gasteiger partial charge in [-0.2, -0.15) is 13.2 Å². The molecule has 0 saturated carbocycles. The highest BCUT2D eigenvalue weighted by Crippen LogP contribution is 2.35.